The Morgan fingerprint density at radius 2 is 2.32 bits per heavy atom. The Morgan fingerprint density at radius 1 is 1.53 bits per heavy atom. The van der Waals surface area contributed by atoms with Crippen molar-refractivity contribution >= 4 is 17.0 Å². The highest BCUT2D eigenvalue weighted by atomic mass is 19.1. The molecule has 3 atom stereocenters. The number of imidazole rings is 1. The minimum atomic E-state index is -0.955. The number of aromatic nitrogens is 4. The molecule has 1 saturated heterocycles. The lowest BCUT2D eigenvalue weighted by Gasteiger charge is -2.13. The second kappa shape index (κ2) is 4.37. The second-order valence-electron chi connectivity index (χ2n) is 4.32. The molecule has 0 radical (unpaired) electrons. The molecule has 0 aromatic carbocycles. The lowest BCUT2D eigenvalue weighted by atomic mass is 10.2. The van der Waals surface area contributed by atoms with Crippen molar-refractivity contribution in [3.8, 4) is 0 Å². The number of hydrogen-bond donors (Lipinski definition) is 3. The van der Waals surface area contributed by atoms with Gasteiger partial charge >= 0.3 is 6.08 Å². The second-order valence-corrected chi connectivity index (χ2v) is 4.32. The van der Waals surface area contributed by atoms with E-state index in [1.807, 2.05) is 0 Å². The summed E-state index contributed by atoms with van der Waals surface area (Å²) in [5.41, 5.74) is 6.02. The number of nitrogens with zero attached hydrogens (tertiary/aromatic N) is 4. The van der Waals surface area contributed by atoms with E-state index in [2.05, 4.69) is 15.0 Å². The SMILES string of the molecule is Nc1nc(F)nc2c1ncn2C1CC(O)C(CO)O1. The molecule has 3 rings (SSSR count). The van der Waals surface area contributed by atoms with Crippen LogP contribution in [-0.2, 0) is 4.74 Å². The number of ether oxygens (including phenoxy) is 1. The molecule has 0 saturated carbocycles. The first-order valence-electron chi connectivity index (χ1n) is 5.70. The number of nitrogens with two attached hydrogens (primary N) is 1. The molecule has 1 aliphatic heterocycles. The summed E-state index contributed by atoms with van der Waals surface area (Å²) >= 11 is 0. The van der Waals surface area contributed by atoms with Crippen molar-refractivity contribution in [2.75, 3.05) is 12.3 Å². The smallest absolute Gasteiger partial charge is 0.312 e. The van der Waals surface area contributed by atoms with Gasteiger partial charge in [-0.3, -0.25) is 4.57 Å². The van der Waals surface area contributed by atoms with Crippen LogP contribution in [0.5, 0.6) is 0 Å². The number of fused-ring (bicyclic) bond motifs is 1. The van der Waals surface area contributed by atoms with E-state index in [4.69, 9.17) is 15.6 Å². The van der Waals surface area contributed by atoms with Gasteiger partial charge in [0.25, 0.3) is 0 Å². The monoisotopic (exact) mass is 269 g/mol. The zero-order chi connectivity index (χ0) is 13.6. The van der Waals surface area contributed by atoms with Gasteiger partial charge in [0.05, 0.1) is 19.0 Å². The van der Waals surface area contributed by atoms with Crippen LogP contribution in [0.25, 0.3) is 11.2 Å². The normalized spacial score (nSPS) is 27.2. The first-order valence-corrected chi connectivity index (χ1v) is 5.70. The molecule has 2 aromatic heterocycles. The number of hydrogen-bond acceptors (Lipinski definition) is 7. The van der Waals surface area contributed by atoms with Crippen molar-refractivity contribution in [3.05, 3.63) is 12.4 Å². The highest BCUT2D eigenvalue weighted by molar-refractivity contribution is 5.81. The molecule has 0 aliphatic carbocycles. The van der Waals surface area contributed by atoms with E-state index in [1.54, 1.807) is 0 Å². The number of aliphatic hydroxyl groups excluding tert-OH is 2. The number of anilines is 1. The van der Waals surface area contributed by atoms with Gasteiger partial charge in [0.15, 0.2) is 17.0 Å². The number of halogens is 1. The summed E-state index contributed by atoms with van der Waals surface area (Å²) in [5, 5.41) is 18.7. The summed E-state index contributed by atoms with van der Waals surface area (Å²) in [6.07, 6.45) is -1.35. The molecule has 0 amide bonds. The van der Waals surface area contributed by atoms with Crippen molar-refractivity contribution in [1.82, 2.24) is 19.5 Å². The zero-order valence-electron chi connectivity index (χ0n) is 9.77. The lowest BCUT2D eigenvalue weighted by Crippen LogP contribution is -2.24. The highest BCUT2D eigenvalue weighted by Gasteiger charge is 2.35. The predicted octanol–water partition coefficient (Wildman–Crippen LogP) is -0.812. The maximum atomic E-state index is 13.2. The van der Waals surface area contributed by atoms with Crippen LogP contribution in [0.15, 0.2) is 6.33 Å². The molecule has 0 spiro atoms. The van der Waals surface area contributed by atoms with Crippen LogP contribution >= 0.6 is 0 Å². The molecule has 3 unspecified atom stereocenters. The third-order valence-corrected chi connectivity index (χ3v) is 3.12. The van der Waals surface area contributed by atoms with E-state index in [1.165, 1.54) is 10.9 Å². The summed E-state index contributed by atoms with van der Waals surface area (Å²) in [6, 6.07) is 0. The van der Waals surface area contributed by atoms with Crippen LogP contribution in [0.4, 0.5) is 10.2 Å². The minimum absolute atomic E-state index is 0.0569. The molecule has 2 aromatic rings. The van der Waals surface area contributed by atoms with Gasteiger partial charge in [-0.15, -0.1) is 0 Å². The van der Waals surface area contributed by atoms with E-state index in [-0.39, 0.29) is 30.0 Å². The molecule has 19 heavy (non-hydrogen) atoms. The molecule has 1 aliphatic rings. The van der Waals surface area contributed by atoms with E-state index in [0.717, 1.165) is 0 Å². The Morgan fingerprint density at radius 3 is 3.00 bits per heavy atom. The Balaban J connectivity index is 2.02. The number of aliphatic hydroxyl groups is 2. The molecule has 3 heterocycles. The Hall–Kier alpha value is -1.84. The average Bonchev–Trinajstić information content (AvgIpc) is 2.92. The summed E-state index contributed by atoms with van der Waals surface area (Å²) in [5.74, 6) is -0.0569. The summed E-state index contributed by atoms with van der Waals surface area (Å²) in [6.45, 7) is -0.296. The van der Waals surface area contributed by atoms with Crippen LogP contribution in [0.3, 0.4) is 0 Å². The zero-order valence-corrected chi connectivity index (χ0v) is 9.77. The van der Waals surface area contributed by atoms with Crippen LogP contribution in [0.2, 0.25) is 0 Å². The first kappa shape index (κ1) is 12.2. The minimum Gasteiger partial charge on any atom is -0.394 e. The molecule has 4 N–H and O–H groups in total. The van der Waals surface area contributed by atoms with Gasteiger partial charge in [-0.25, -0.2) is 4.98 Å². The van der Waals surface area contributed by atoms with Crippen LogP contribution in [0.1, 0.15) is 12.6 Å². The van der Waals surface area contributed by atoms with Crippen molar-refractivity contribution in [3.63, 3.8) is 0 Å². The average molecular weight is 269 g/mol. The lowest BCUT2D eigenvalue weighted by molar-refractivity contribution is -0.0432. The van der Waals surface area contributed by atoms with Gasteiger partial charge in [0.2, 0.25) is 0 Å². The van der Waals surface area contributed by atoms with Crippen molar-refractivity contribution in [2.24, 2.45) is 0 Å². The van der Waals surface area contributed by atoms with E-state index in [0.29, 0.717) is 0 Å². The number of rotatable bonds is 2. The molecule has 1 fully saturated rings. The van der Waals surface area contributed by atoms with Gasteiger partial charge in [-0.05, 0) is 0 Å². The van der Waals surface area contributed by atoms with E-state index in [9.17, 15) is 9.50 Å². The van der Waals surface area contributed by atoms with E-state index >= 15 is 0 Å². The topological polar surface area (TPSA) is 119 Å². The van der Waals surface area contributed by atoms with Gasteiger partial charge in [0.1, 0.15) is 12.3 Å². The fraction of sp³-hybridized carbons (Fsp3) is 0.500. The van der Waals surface area contributed by atoms with Crippen LogP contribution in [-0.4, -0.2) is 48.5 Å². The number of nitrogen functional groups attached to an aromatic ring is 1. The first-order chi connectivity index (χ1) is 9.10. The largest absolute Gasteiger partial charge is 0.394 e. The van der Waals surface area contributed by atoms with Crippen molar-refractivity contribution < 1.29 is 19.3 Å². The maximum absolute atomic E-state index is 13.2. The third-order valence-electron chi connectivity index (χ3n) is 3.12. The summed E-state index contributed by atoms with van der Waals surface area (Å²) in [4.78, 5) is 11.0. The maximum Gasteiger partial charge on any atom is 0.312 e. The van der Waals surface area contributed by atoms with Gasteiger partial charge in [-0.2, -0.15) is 14.4 Å². The molecule has 0 bridgehead atoms. The fourth-order valence-electron chi connectivity index (χ4n) is 2.17. The third kappa shape index (κ3) is 1.91. The summed E-state index contributed by atoms with van der Waals surface area (Å²) in [7, 11) is 0. The predicted molar refractivity (Wildman–Crippen MR) is 61.3 cm³/mol. The molecular weight excluding hydrogens is 257 g/mol. The Labute approximate surface area is 106 Å². The van der Waals surface area contributed by atoms with Crippen molar-refractivity contribution in [1.29, 1.82) is 0 Å². The van der Waals surface area contributed by atoms with Gasteiger partial charge in [0, 0.05) is 6.42 Å². The molecule has 9 heteroatoms. The Bertz CT molecular complexity index is 618. The van der Waals surface area contributed by atoms with Crippen LogP contribution < -0.4 is 5.73 Å². The van der Waals surface area contributed by atoms with Gasteiger partial charge < -0.3 is 20.7 Å². The fourth-order valence-corrected chi connectivity index (χ4v) is 2.17. The standard InChI is InChI=1S/C10H12FN5O3/c11-10-14-8(12)7-9(15-10)16(3-13-7)6-1-4(18)5(2-17)19-6/h3-6,17-18H,1-2H2,(H2,12,14,15). The van der Waals surface area contributed by atoms with Crippen molar-refractivity contribution in [2.45, 2.75) is 24.9 Å². The molecule has 8 nitrogen and oxygen atoms in total. The quantitative estimate of drug-likeness (QED) is 0.610. The van der Waals surface area contributed by atoms with E-state index < -0.39 is 24.5 Å². The van der Waals surface area contributed by atoms with Crippen LogP contribution in [0, 0.1) is 6.08 Å². The molecular formula is C10H12FN5O3. The molecule has 102 valence electrons. The summed E-state index contributed by atoms with van der Waals surface area (Å²) < 4.78 is 20.1. The highest BCUT2D eigenvalue weighted by Crippen LogP contribution is 2.31. The Kier molecular flexibility index (Phi) is 2.81. The van der Waals surface area contributed by atoms with Gasteiger partial charge in [-0.1, -0.05) is 0 Å².